The molecule has 0 amide bonds. The molecule has 132 valence electrons. The highest BCUT2D eigenvalue weighted by Gasteiger charge is 2.36. The zero-order chi connectivity index (χ0) is 18.6. The van der Waals surface area contributed by atoms with Crippen LogP contribution in [0.5, 0.6) is 6.01 Å². The maximum Gasteiger partial charge on any atom is 0.421 e. The van der Waals surface area contributed by atoms with E-state index in [1.54, 1.807) is 12.1 Å². The van der Waals surface area contributed by atoms with Gasteiger partial charge in [-0.2, -0.15) is 23.4 Å². The Kier molecular flexibility index (Phi) is 5.47. The van der Waals surface area contributed by atoms with E-state index in [9.17, 15) is 13.2 Å². The summed E-state index contributed by atoms with van der Waals surface area (Å²) < 4.78 is 45.2. The lowest BCUT2D eigenvalue weighted by atomic mass is 10.2. The van der Waals surface area contributed by atoms with Gasteiger partial charge in [0.1, 0.15) is 5.56 Å². The first-order chi connectivity index (χ1) is 11.7. The highest BCUT2D eigenvalue weighted by atomic mass is 19.4. The third-order valence-electron chi connectivity index (χ3n) is 3.30. The van der Waals surface area contributed by atoms with Crippen molar-refractivity contribution in [3.8, 4) is 12.1 Å². The minimum atomic E-state index is -4.60. The van der Waals surface area contributed by atoms with Crippen molar-refractivity contribution in [3.05, 3.63) is 41.6 Å². The molecular weight excluding hydrogens is 333 g/mol. The fourth-order valence-electron chi connectivity index (χ4n) is 2.01. The second kappa shape index (κ2) is 7.38. The average molecular weight is 350 g/mol. The van der Waals surface area contributed by atoms with Crippen molar-refractivity contribution in [2.45, 2.75) is 20.0 Å². The monoisotopic (exact) mass is 350 g/mol. The Balaban J connectivity index is 2.43. The van der Waals surface area contributed by atoms with E-state index in [2.05, 4.69) is 9.97 Å². The number of nitriles is 1. The van der Waals surface area contributed by atoms with Crippen LogP contribution in [0.15, 0.2) is 30.5 Å². The van der Waals surface area contributed by atoms with Gasteiger partial charge in [0.2, 0.25) is 0 Å². The highest BCUT2D eigenvalue weighted by molar-refractivity contribution is 5.63. The molecule has 0 radical (unpaired) electrons. The number of hydrogen-bond donors (Lipinski definition) is 0. The molecule has 0 unspecified atom stereocenters. The van der Waals surface area contributed by atoms with Gasteiger partial charge in [0.15, 0.2) is 5.82 Å². The molecule has 8 heteroatoms. The van der Waals surface area contributed by atoms with Crippen molar-refractivity contribution in [3.63, 3.8) is 0 Å². The largest absolute Gasteiger partial charge is 0.463 e. The Morgan fingerprint density at radius 2 is 1.88 bits per heavy atom. The van der Waals surface area contributed by atoms with Gasteiger partial charge < -0.3 is 9.64 Å². The average Bonchev–Trinajstić information content (AvgIpc) is 2.58. The molecule has 0 atom stereocenters. The quantitative estimate of drug-likeness (QED) is 0.810. The van der Waals surface area contributed by atoms with Crippen LogP contribution >= 0.6 is 0 Å². The summed E-state index contributed by atoms with van der Waals surface area (Å²) in [7, 11) is 1.46. The van der Waals surface area contributed by atoms with E-state index in [-0.39, 0.29) is 17.7 Å². The van der Waals surface area contributed by atoms with Gasteiger partial charge in [0, 0.05) is 18.9 Å². The maximum atomic E-state index is 13.3. The van der Waals surface area contributed by atoms with Crippen LogP contribution in [0.2, 0.25) is 0 Å². The molecule has 2 aromatic rings. The van der Waals surface area contributed by atoms with Gasteiger partial charge in [-0.1, -0.05) is 13.8 Å². The Hall–Kier alpha value is -2.82. The Bertz CT molecular complexity index is 767. The number of alkyl halides is 3. The second-order valence-electron chi connectivity index (χ2n) is 5.81. The summed E-state index contributed by atoms with van der Waals surface area (Å²) in [5, 5.41) is 8.83. The first-order valence-electron chi connectivity index (χ1n) is 7.53. The molecule has 25 heavy (non-hydrogen) atoms. The summed E-state index contributed by atoms with van der Waals surface area (Å²) >= 11 is 0. The number of rotatable bonds is 5. The van der Waals surface area contributed by atoms with Crippen LogP contribution in [0.3, 0.4) is 0 Å². The number of ether oxygens (including phenoxy) is 1. The molecule has 0 bridgehead atoms. The molecule has 1 aromatic carbocycles. The van der Waals surface area contributed by atoms with E-state index in [4.69, 9.17) is 10.00 Å². The van der Waals surface area contributed by atoms with Gasteiger partial charge in [-0.05, 0) is 30.2 Å². The van der Waals surface area contributed by atoms with E-state index in [1.807, 2.05) is 19.9 Å². The molecule has 1 heterocycles. The van der Waals surface area contributed by atoms with Gasteiger partial charge in [-0.15, -0.1) is 0 Å². The molecule has 5 nitrogen and oxygen atoms in total. The Morgan fingerprint density at radius 1 is 1.24 bits per heavy atom. The van der Waals surface area contributed by atoms with Crippen molar-refractivity contribution >= 4 is 11.5 Å². The number of hydrogen-bond acceptors (Lipinski definition) is 5. The lowest BCUT2D eigenvalue weighted by Crippen LogP contribution is -2.19. The minimum absolute atomic E-state index is 0.114. The molecule has 2 rings (SSSR count). The summed E-state index contributed by atoms with van der Waals surface area (Å²) in [6.45, 7) is 4.12. The van der Waals surface area contributed by atoms with Crippen LogP contribution < -0.4 is 9.64 Å². The lowest BCUT2D eigenvalue weighted by molar-refractivity contribution is -0.137. The predicted octanol–water partition coefficient (Wildman–Crippen LogP) is 4.17. The first kappa shape index (κ1) is 18.5. The smallest absolute Gasteiger partial charge is 0.421 e. The number of nitrogens with zero attached hydrogens (tertiary/aromatic N) is 4. The molecule has 0 N–H and O–H groups in total. The number of benzene rings is 1. The van der Waals surface area contributed by atoms with Crippen molar-refractivity contribution in [1.82, 2.24) is 9.97 Å². The topological polar surface area (TPSA) is 62.0 Å². The minimum Gasteiger partial charge on any atom is -0.463 e. The van der Waals surface area contributed by atoms with E-state index in [1.165, 1.54) is 24.1 Å². The molecule has 0 fully saturated rings. The maximum absolute atomic E-state index is 13.3. The highest BCUT2D eigenvalue weighted by Crippen LogP contribution is 2.37. The summed E-state index contributed by atoms with van der Waals surface area (Å²) in [5.74, 6) is -0.128. The molecule has 0 aliphatic carbocycles. The summed E-state index contributed by atoms with van der Waals surface area (Å²) in [4.78, 5) is 8.88. The fraction of sp³-hybridized carbons (Fsp3) is 0.353. The molecular formula is C17H17F3N4O. The summed E-state index contributed by atoms with van der Waals surface area (Å²) in [6.07, 6.45) is -3.88. The van der Waals surface area contributed by atoms with Crippen LogP contribution in [-0.4, -0.2) is 23.6 Å². The van der Waals surface area contributed by atoms with Crippen LogP contribution in [0.1, 0.15) is 25.0 Å². The van der Waals surface area contributed by atoms with E-state index < -0.39 is 11.7 Å². The molecule has 0 spiro atoms. The van der Waals surface area contributed by atoms with Crippen LogP contribution in [0.25, 0.3) is 0 Å². The predicted molar refractivity (Wildman–Crippen MR) is 86.6 cm³/mol. The van der Waals surface area contributed by atoms with E-state index in [0.717, 1.165) is 6.20 Å². The van der Waals surface area contributed by atoms with Crippen LogP contribution in [-0.2, 0) is 6.18 Å². The van der Waals surface area contributed by atoms with Gasteiger partial charge in [0.25, 0.3) is 0 Å². The fourth-order valence-corrected chi connectivity index (χ4v) is 2.01. The Labute approximate surface area is 143 Å². The second-order valence-corrected chi connectivity index (χ2v) is 5.81. The standard InChI is InChI=1S/C17H17F3N4O/c1-11(2)10-25-16-22-9-14(17(18,19)20)15(23-16)24(3)13-6-4-12(8-21)5-7-13/h4-7,9,11H,10H2,1-3H3. The number of aromatic nitrogens is 2. The number of anilines is 2. The normalized spacial score (nSPS) is 11.3. The van der Waals surface area contributed by atoms with Gasteiger partial charge in [-0.25, -0.2) is 4.98 Å². The van der Waals surface area contributed by atoms with Gasteiger partial charge in [-0.3, -0.25) is 0 Å². The first-order valence-corrected chi connectivity index (χ1v) is 7.53. The van der Waals surface area contributed by atoms with Crippen molar-refractivity contribution in [1.29, 1.82) is 5.26 Å². The van der Waals surface area contributed by atoms with Crippen LogP contribution in [0, 0.1) is 17.2 Å². The van der Waals surface area contributed by atoms with Crippen molar-refractivity contribution < 1.29 is 17.9 Å². The third-order valence-corrected chi connectivity index (χ3v) is 3.30. The van der Waals surface area contributed by atoms with Crippen molar-refractivity contribution in [2.24, 2.45) is 5.92 Å². The molecule has 1 aromatic heterocycles. The number of halogens is 3. The Morgan fingerprint density at radius 3 is 2.40 bits per heavy atom. The zero-order valence-corrected chi connectivity index (χ0v) is 14.0. The van der Waals surface area contributed by atoms with Crippen LogP contribution in [0.4, 0.5) is 24.7 Å². The summed E-state index contributed by atoms with van der Waals surface area (Å²) in [5.41, 5.74) is -0.0916. The van der Waals surface area contributed by atoms with E-state index >= 15 is 0 Å². The lowest BCUT2D eigenvalue weighted by Gasteiger charge is -2.22. The third kappa shape index (κ3) is 4.59. The SMILES string of the molecule is CC(C)COc1ncc(C(F)(F)F)c(N(C)c2ccc(C#N)cc2)n1. The summed E-state index contributed by atoms with van der Waals surface area (Å²) in [6, 6.07) is 8.00. The molecule has 0 saturated carbocycles. The molecule has 0 aliphatic heterocycles. The van der Waals surface area contributed by atoms with E-state index in [0.29, 0.717) is 17.9 Å². The molecule has 0 aliphatic rings. The zero-order valence-electron chi connectivity index (χ0n) is 14.0. The van der Waals surface area contributed by atoms with Gasteiger partial charge in [0.05, 0.1) is 18.2 Å². The molecule has 0 saturated heterocycles. The van der Waals surface area contributed by atoms with Gasteiger partial charge >= 0.3 is 12.2 Å². The van der Waals surface area contributed by atoms with Crippen molar-refractivity contribution in [2.75, 3.05) is 18.6 Å².